The Morgan fingerprint density at radius 2 is 2.00 bits per heavy atom. The Labute approximate surface area is 157 Å². The van der Waals surface area contributed by atoms with Crippen LogP contribution in [-0.2, 0) is 11.3 Å². The van der Waals surface area contributed by atoms with Gasteiger partial charge in [0.25, 0.3) is 0 Å². The first-order valence-corrected chi connectivity index (χ1v) is 8.98. The minimum Gasteiger partial charge on any atom is -0.357 e. The van der Waals surface area contributed by atoms with E-state index in [0.717, 1.165) is 24.5 Å². The molecule has 1 aliphatic rings. The highest BCUT2D eigenvalue weighted by atomic mass is 35.5. The first kappa shape index (κ1) is 17.8. The van der Waals surface area contributed by atoms with Crippen molar-refractivity contribution in [3.05, 3.63) is 63.8 Å². The second-order valence-corrected chi connectivity index (χ2v) is 6.78. The van der Waals surface area contributed by atoms with Crippen LogP contribution in [-0.4, -0.2) is 24.0 Å². The van der Waals surface area contributed by atoms with Crippen LogP contribution in [0.4, 0.5) is 5.82 Å². The van der Waals surface area contributed by atoms with Gasteiger partial charge in [0.2, 0.25) is 5.91 Å². The van der Waals surface area contributed by atoms with E-state index in [4.69, 9.17) is 23.2 Å². The van der Waals surface area contributed by atoms with E-state index < -0.39 is 0 Å². The molecule has 0 spiro atoms. The molecule has 1 N–H and O–H groups in total. The second kappa shape index (κ2) is 8.37. The molecule has 0 unspecified atom stereocenters. The molecule has 1 amide bonds. The van der Waals surface area contributed by atoms with E-state index in [1.165, 1.54) is 18.9 Å². The molecule has 2 heterocycles. The lowest BCUT2D eigenvalue weighted by Crippen LogP contribution is -2.22. The fourth-order valence-electron chi connectivity index (χ4n) is 2.75. The second-order valence-electron chi connectivity index (χ2n) is 5.93. The lowest BCUT2D eigenvalue weighted by atomic mass is 10.2. The maximum Gasteiger partial charge on any atom is 0.244 e. The Bertz CT molecular complexity index is 786. The van der Waals surface area contributed by atoms with Gasteiger partial charge in [-0.1, -0.05) is 23.2 Å². The van der Waals surface area contributed by atoms with E-state index in [9.17, 15) is 4.79 Å². The third kappa shape index (κ3) is 4.97. The minimum atomic E-state index is -0.185. The normalized spacial score (nSPS) is 14.2. The molecule has 1 aromatic carbocycles. The molecule has 0 atom stereocenters. The number of nitrogens with one attached hydrogen (secondary N) is 1. The number of anilines is 1. The average molecular weight is 376 g/mol. The monoisotopic (exact) mass is 375 g/mol. The molecule has 25 heavy (non-hydrogen) atoms. The highest BCUT2D eigenvalue weighted by molar-refractivity contribution is 6.34. The van der Waals surface area contributed by atoms with Gasteiger partial charge in [0.15, 0.2) is 0 Å². The molecule has 6 heteroatoms. The number of nitrogens with zero attached hydrogens (tertiary/aromatic N) is 2. The van der Waals surface area contributed by atoms with Crippen LogP contribution in [0.5, 0.6) is 0 Å². The maximum absolute atomic E-state index is 12.0. The molecule has 3 rings (SSSR count). The molecule has 1 aromatic heterocycles. The van der Waals surface area contributed by atoms with Crippen LogP contribution < -0.4 is 10.2 Å². The molecule has 0 saturated carbocycles. The summed E-state index contributed by atoms with van der Waals surface area (Å²) in [6.07, 6.45) is 7.32. The predicted octanol–water partition coefficient (Wildman–Crippen LogP) is 4.32. The van der Waals surface area contributed by atoms with Crippen LogP contribution in [0.15, 0.2) is 42.6 Å². The Morgan fingerprint density at radius 3 is 2.80 bits per heavy atom. The molecule has 1 aliphatic heterocycles. The van der Waals surface area contributed by atoms with Crippen molar-refractivity contribution in [2.75, 3.05) is 18.0 Å². The van der Waals surface area contributed by atoms with Crippen molar-refractivity contribution in [1.82, 2.24) is 10.3 Å². The van der Waals surface area contributed by atoms with E-state index in [1.807, 2.05) is 12.1 Å². The predicted molar refractivity (Wildman–Crippen MR) is 103 cm³/mol. The summed E-state index contributed by atoms with van der Waals surface area (Å²) >= 11 is 12.0. The zero-order valence-electron chi connectivity index (χ0n) is 13.7. The van der Waals surface area contributed by atoms with E-state index in [1.54, 1.807) is 30.5 Å². The molecular formula is C19H19Cl2N3O. The number of carbonyl (C=O) groups excluding carboxylic acids is 1. The largest absolute Gasteiger partial charge is 0.357 e. The molecule has 130 valence electrons. The topological polar surface area (TPSA) is 45.2 Å². The van der Waals surface area contributed by atoms with Crippen LogP contribution in [0.2, 0.25) is 10.0 Å². The fraction of sp³-hybridized carbons (Fsp3) is 0.263. The highest BCUT2D eigenvalue weighted by Crippen LogP contribution is 2.22. The summed E-state index contributed by atoms with van der Waals surface area (Å²) < 4.78 is 0. The SMILES string of the molecule is O=C(/C=C/c1cc(Cl)ccc1Cl)NCc1ccnc(N2CCCC2)c1. The molecule has 0 aliphatic carbocycles. The van der Waals surface area contributed by atoms with Crippen molar-refractivity contribution >= 4 is 41.0 Å². The first-order valence-electron chi connectivity index (χ1n) is 8.23. The molecule has 2 aromatic rings. The number of carbonyl (C=O) groups is 1. The van der Waals surface area contributed by atoms with Crippen molar-refractivity contribution in [2.45, 2.75) is 19.4 Å². The molecular weight excluding hydrogens is 357 g/mol. The fourth-order valence-corrected chi connectivity index (χ4v) is 3.11. The average Bonchev–Trinajstić information content (AvgIpc) is 3.16. The van der Waals surface area contributed by atoms with E-state index >= 15 is 0 Å². The van der Waals surface area contributed by atoms with Crippen LogP contribution in [0.25, 0.3) is 6.08 Å². The van der Waals surface area contributed by atoms with Gasteiger partial charge in [0.1, 0.15) is 5.82 Å². The van der Waals surface area contributed by atoms with E-state index in [0.29, 0.717) is 22.2 Å². The standard InChI is InChI=1S/C19H19Cl2N3O/c20-16-4-5-17(21)15(12-16)3-6-19(25)23-13-14-7-8-22-18(11-14)24-9-1-2-10-24/h3-8,11-12H,1-2,9-10,13H2,(H,23,25)/b6-3+. The highest BCUT2D eigenvalue weighted by Gasteiger charge is 2.13. The molecule has 0 radical (unpaired) electrons. The first-order chi connectivity index (χ1) is 12.1. The van der Waals surface area contributed by atoms with Gasteiger partial charge in [0, 0.05) is 42.0 Å². The van der Waals surface area contributed by atoms with Crippen LogP contribution >= 0.6 is 23.2 Å². The summed E-state index contributed by atoms with van der Waals surface area (Å²) in [5.74, 6) is 0.793. The van der Waals surface area contributed by atoms with Crippen molar-refractivity contribution in [3.8, 4) is 0 Å². The number of amides is 1. The summed E-state index contributed by atoms with van der Waals surface area (Å²) in [6.45, 7) is 2.55. The summed E-state index contributed by atoms with van der Waals surface area (Å²) in [6, 6.07) is 9.08. The summed E-state index contributed by atoms with van der Waals surface area (Å²) in [5.41, 5.74) is 1.74. The Morgan fingerprint density at radius 1 is 1.20 bits per heavy atom. The van der Waals surface area contributed by atoms with Gasteiger partial charge in [-0.05, 0) is 60.4 Å². The number of rotatable bonds is 5. The van der Waals surface area contributed by atoms with Gasteiger partial charge in [-0.25, -0.2) is 4.98 Å². The number of pyridine rings is 1. The van der Waals surface area contributed by atoms with Crippen molar-refractivity contribution in [2.24, 2.45) is 0 Å². The zero-order chi connectivity index (χ0) is 17.6. The Balaban J connectivity index is 1.58. The van der Waals surface area contributed by atoms with Crippen LogP contribution in [0.3, 0.4) is 0 Å². The quantitative estimate of drug-likeness (QED) is 0.791. The lowest BCUT2D eigenvalue weighted by Gasteiger charge is -2.16. The Hall–Kier alpha value is -2.04. The number of hydrogen-bond acceptors (Lipinski definition) is 3. The van der Waals surface area contributed by atoms with Gasteiger partial charge in [-0.15, -0.1) is 0 Å². The summed E-state index contributed by atoms with van der Waals surface area (Å²) in [4.78, 5) is 18.7. The molecule has 0 bridgehead atoms. The maximum atomic E-state index is 12.0. The van der Waals surface area contributed by atoms with Gasteiger partial charge in [-0.3, -0.25) is 4.79 Å². The molecule has 1 fully saturated rings. The van der Waals surface area contributed by atoms with E-state index in [-0.39, 0.29) is 5.91 Å². The summed E-state index contributed by atoms with van der Waals surface area (Å²) in [7, 11) is 0. The van der Waals surface area contributed by atoms with Gasteiger partial charge in [0.05, 0.1) is 0 Å². The van der Waals surface area contributed by atoms with Gasteiger partial charge >= 0.3 is 0 Å². The Kier molecular flexibility index (Phi) is 5.95. The number of halogens is 2. The van der Waals surface area contributed by atoms with Crippen LogP contribution in [0.1, 0.15) is 24.0 Å². The minimum absolute atomic E-state index is 0.185. The molecule has 4 nitrogen and oxygen atoms in total. The number of benzene rings is 1. The third-order valence-corrected chi connectivity index (χ3v) is 4.66. The number of hydrogen-bond donors (Lipinski definition) is 1. The zero-order valence-corrected chi connectivity index (χ0v) is 15.2. The smallest absolute Gasteiger partial charge is 0.244 e. The third-order valence-electron chi connectivity index (χ3n) is 4.08. The number of aromatic nitrogens is 1. The van der Waals surface area contributed by atoms with Crippen molar-refractivity contribution < 1.29 is 4.79 Å². The van der Waals surface area contributed by atoms with Crippen LogP contribution in [0, 0.1) is 0 Å². The van der Waals surface area contributed by atoms with Gasteiger partial charge in [-0.2, -0.15) is 0 Å². The van der Waals surface area contributed by atoms with Gasteiger partial charge < -0.3 is 10.2 Å². The molecule has 1 saturated heterocycles. The van der Waals surface area contributed by atoms with E-state index in [2.05, 4.69) is 15.2 Å². The van der Waals surface area contributed by atoms with Crippen molar-refractivity contribution in [3.63, 3.8) is 0 Å². The van der Waals surface area contributed by atoms with Crippen molar-refractivity contribution in [1.29, 1.82) is 0 Å². The summed E-state index contributed by atoms with van der Waals surface area (Å²) in [5, 5.41) is 4.01. The lowest BCUT2D eigenvalue weighted by molar-refractivity contribution is -0.116.